The Balaban J connectivity index is 2.33. The van der Waals surface area contributed by atoms with Crippen LogP contribution in [0.25, 0.3) is 21.1 Å². The van der Waals surface area contributed by atoms with Gasteiger partial charge in [-0.1, -0.05) is 6.08 Å². The minimum Gasteiger partial charge on any atom is -0.468 e. The standard InChI is InChI=1S/C15H15N3O3S/c1-4-5-17-11-6-9(2)22-14(11)10-7-16-18(8-12(19)21-3)15(20)13(10)17/h4,6-7H,1,5,8H2,2-3H3. The molecule has 0 radical (unpaired) electrons. The van der Waals surface area contributed by atoms with E-state index < -0.39 is 5.97 Å². The van der Waals surface area contributed by atoms with Gasteiger partial charge in [0.15, 0.2) is 0 Å². The molecule has 22 heavy (non-hydrogen) atoms. The first-order chi connectivity index (χ1) is 10.6. The number of fused-ring (bicyclic) bond motifs is 3. The number of rotatable bonds is 4. The van der Waals surface area contributed by atoms with Gasteiger partial charge in [0.1, 0.15) is 12.1 Å². The van der Waals surface area contributed by atoms with Gasteiger partial charge in [0.2, 0.25) is 0 Å². The Labute approximate surface area is 130 Å². The largest absolute Gasteiger partial charge is 0.468 e. The summed E-state index contributed by atoms with van der Waals surface area (Å²) in [4.78, 5) is 25.2. The van der Waals surface area contributed by atoms with Gasteiger partial charge in [0.05, 0.1) is 23.5 Å². The fraction of sp³-hybridized carbons (Fsp3) is 0.267. The number of aryl methyl sites for hydroxylation is 1. The number of allylic oxidation sites excluding steroid dienone is 1. The molecular formula is C15H15N3O3S. The van der Waals surface area contributed by atoms with Gasteiger partial charge in [-0.25, -0.2) is 4.68 Å². The molecule has 0 atom stereocenters. The third-order valence-electron chi connectivity index (χ3n) is 3.48. The molecule has 0 saturated heterocycles. The van der Waals surface area contributed by atoms with Crippen LogP contribution in [0.3, 0.4) is 0 Å². The Hall–Kier alpha value is -2.41. The molecule has 0 fully saturated rings. The zero-order chi connectivity index (χ0) is 15.9. The highest BCUT2D eigenvalue weighted by Gasteiger charge is 2.18. The predicted molar refractivity (Wildman–Crippen MR) is 86.3 cm³/mol. The molecule has 3 aromatic heterocycles. The van der Waals surface area contributed by atoms with Crippen LogP contribution in [0.2, 0.25) is 0 Å². The summed E-state index contributed by atoms with van der Waals surface area (Å²) in [5, 5.41) is 4.90. The molecule has 0 aliphatic carbocycles. The fourth-order valence-corrected chi connectivity index (χ4v) is 3.56. The van der Waals surface area contributed by atoms with Crippen molar-refractivity contribution in [3.63, 3.8) is 0 Å². The molecule has 0 aliphatic heterocycles. The molecule has 0 aromatic carbocycles. The summed E-state index contributed by atoms with van der Waals surface area (Å²) in [7, 11) is 1.28. The number of carbonyl (C=O) groups is 1. The highest BCUT2D eigenvalue weighted by atomic mass is 32.1. The van der Waals surface area contributed by atoms with E-state index in [4.69, 9.17) is 0 Å². The lowest BCUT2D eigenvalue weighted by atomic mass is 10.3. The van der Waals surface area contributed by atoms with Crippen molar-refractivity contribution in [3.05, 3.63) is 40.1 Å². The number of aromatic nitrogens is 3. The second-order valence-electron chi connectivity index (χ2n) is 4.92. The van der Waals surface area contributed by atoms with Gasteiger partial charge in [-0.05, 0) is 13.0 Å². The molecule has 0 unspecified atom stereocenters. The maximum atomic E-state index is 12.7. The molecule has 6 nitrogen and oxygen atoms in total. The minimum absolute atomic E-state index is 0.197. The molecule has 3 aromatic rings. The number of hydrogen-bond donors (Lipinski definition) is 0. The zero-order valence-electron chi connectivity index (χ0n) is 12.3. The summed E-state index contributed by atoms with van der Waals surface area (Å²) in [5.41, 5.74) is 1.23. The zero-order valence-corrected chi connectivity index (χ0v) is 13.1. The molecule has 0 spiro atoms. The monoisotopic (exact) mass is 317 g/mol. The molecule has 0 saturated carbocycles. The van der Waals surface area contributed by atoms with E-state index in [9.17, 15) is 9.59 Å². The quantitative estimate of drug-likeness (QED) is 0.546. The van der Waals surface area contributed by atoms with Crippen LogP contribution in [0.4, 0.5) is 0 Å². The summed E-state index contributed by atoms with van der Waals surface area (Å²) in [5.74, 6) is -0.506. The molecule has 7 heteroatoms. The summed E-state index contributed by atoms with van der Waals surface area (Å²) < 4.78 is 8.68. The summed E-state index contributed by atoms with van der Waals surface area (Å²) >= 11 is 1.63. The Morgan fingerprint density at radius 2 is 2.32 bits per heavy atom. The summed E-state index contributed by atoms with van der Waals surface area (Å²) in [6.45, 7) is 6.11. The van der Waals surface area contributed by atoms with Crippen molar-refractivity contribution in [2.45, 2.75) is 20.0 Å². The summed E-state index contributed by atoms with van der Waals surface area (Å²) in [6, 6.07) is 2.05. The number of methoxy groups -OCH3 is 1. The van der Waals surface area contributed by atoms with E-state index in [1.54, 1.807) is 23.6 Å². The molecule has 0 N–H and O–H groups in total. The van der Waals surface area contributed by atoms with E-state index in [1.807, 2.05) is 17.6 Å². The van der Waals surface area contributed by atoms with E-state index in [2.05, 4.69) is 16.4 Å². The number of thiophene rings is 1. The van der Waals surface area contributed by atoms with Crippen LogP contribution in [-0.4, -0.2) is 27.4 Å². The van der Waals surface area contributed by atoms with Crippen LogP contribution in [-0.2, 0) is 22.6 Å². The van der Waals surface area contributed by atoms with Crippen LogP contribution < -0.4 is 5.56 Å². The van der Waals surface area contributed by atoms with Gasteiger partial charge in [-0.3, -0.25) is 9.59 Å². The highest BCUT2D eigenvalue weighted by Crippen LogP contribution is 2.33. The van der Waals surface area contributed by atoms with Crippen molar-refractivity contribution in [2.75, 3.05) is 7.11 Å². The Kier molecular flexibility index (Phi) is 3.58. The number of nitrogens with zero attached hydrogens (tertiary/aromatic N) is 3. The first kappa shape index (κ1) is 14.5. The first-order valence-electron chi connectivity index (χ1n) is 6.73. The maximum absolute atomic E-state index is 12.7. The Morgan fingerprint density at radius 1 is 1.55 bits per heavy atom. The average Bonchev–Trinajstić information content (AvgIpc) is 2.99. The summed E-state index contributed by atoms with van der Waals surface area (Å²) in [6.07, 6.45) is 3.38. The van der Waals surface area contributed by atoms with E-state index in [0.717, 1.165) is 20.3 Å². The van der Waals surface area contributed by atoms with E-state index in [0.29, 0.717) is 12.1 Å². The normalized spacial score (nSPS) is 11.2. The Bertz CT molecular complexity index is 948. The lowest BCUT2D eigenvalue weighted by Gasteiger charge is -2.05. The van der Waals surface area contributed by atoms with Gasteiger partial charge >= 0.3 is 5.97 Å². The number of carbonyl (C=O) groups excluding carboxylic acids is 1. The topological polar surface area (TPSA) is 66.1 Å². The lowest BCUT2D eigenvalue weighted by molar-refractivity contribution is -0.141. The van der Waals surface area contributed by atoms with Crippen molar-refractivity contribution < 1.29 is 9.53 Å². The molecule has 0 bridgehead atoms. The molecule has 0 amide bonds. The van der Waals surface area contributed by atoms with Gasteiger partial charge in [-0.2, -0.15) is 5.10 Å². The third-order valence-corrected chi connectivity index (χ3v) is 4.55. The lowest BCUT2D eigenvalue weighted by Crippen LogP contribution is -2.28. The molecule has 114 valence electrons. The van der Waals surface area contributed by atoms with Gasteiger partial charge < -0.3 is 9.30 Å². The van der Waals surface area contributed by atoms with Crippen molar-refractivity contribution in [2.24, 2.45) is 0 Å². The fourth-order valence-electron chi connectivity index (χ4n) is 2.54. The molecule has 0 aliphatic rings. The average molecular weight is 317 g/mol. The third kappa shape index (κ3) is 2.14. The molecule has 3 heterocycles. The van der Waals surface area contributed by atoms with Crippen LogP contribution in [0.5, 0.6) is 0 Å². The second-order valence-corrected chi connectivity index (χ2v) is 6.17. The van der Waals surface area contributed by atoms with Gasteiger partial charge in [0, 0.05) is 16.8 Å². The SMILES string of the molecule is C=CCn1c2cc(C)sc2c2cnn(CC(=O)OC)c(=O)c21. The van der Waals surface area contributed by atoms with Crippen LogP contribution in [0.15, 0.2) is 29.7 Å². The van der Waals surface area contributed by atoms with Gasteiger partial charge in [0.25, 0.3) is 5.56 Å². The van der Waals surface area contributed by atoms with Crippen molar-refractivity contribution in [3.8, 4) is 0 Å². The number of ether oxygens (including phenoxy) is 1. The minimum atomic E-state index is -0.506. The van der Waals surface area contributed by atoms with E-state index in [-0.39, 0.29) is 12.1 Å². The van der Waals surface area contributed by atoms with Crippen molar-refractivity contribution in [1.29, 1.82) is 0 Å². The second kappa shape index (κ2) is 5.42. The molecular weight excluding hydrogens is 302 g/mol. The number of hydrogen-bond acceptors (Lipinski definition) is 5. The Morgan fingerprint density at radius 3 is 3.00 bits per heavy atom. The van der Waals surface area contributed by atoms with Crippen molar-refractivity contribution in [1.82, 2.24) is 14.3 Å². The maximum Gasteiger partial charge on any atom is 0.327 e. The van der Waals surface area contributed by atoms with E-state index >= 15 is 0 Å². The highest BCUT2D eigenvalue weighted by molar-refractivity contribution is 7.20. The van der Waals surface area contributed by atoms with Crippen LogP contribution >= 0.6 is 11.3 Å². The smallest absolute Gasteiger partial charge is 0.327 e. The van der Waals surface area contributed by atoms with Crippen molar-refractivity contribution >= 4 is 38.4 Å². The predicted octanol–water partition coefficient (Wildman–Crippen LogP) is 2.08. The first-order valence-corrected chi connectivity index (χ1v) is 7.54. The molecule has 3 rings (SSSR count). The van der Waals surface area contributed by atoms with E-state index in [1.165, 1.54) is 12.0 Å². The van der Waals surface area contributed by atoms with Gasteiger partial charge in [-0.15, -0.1) is 17.9 Å². The van der Waals surface area contributed by atoms with Crippen LogP contribution in [0, 0.1) is 6.92 Å². The number of esters is 1. The van der Waals surface area contributed by atoms with Crippen LogP contribution in [0.1, 0.15) is 4.88 Å².